The van der Waals surface area contributed by atoms with E-state index in [4.69, 9.17) is 4.74 Å². The Morgan fingerprint density at radius 1 is 1.50 bits per heavy atom. The number of ether oxygens (including phenoxy) is 1. The third kappa shape index (κ3) is 2.85. The van der Waals surface area contributed by atoms with Gasteiger partial charge in [-0.3, -0.25) is 14.0 Å². The first-order valence-electron chi connectivity index (χ1n) is 6.39. The molecule has 0 saturated heterocycles. The van der Waals surface area contributed by atoms with Gasteiger partial charge in [-0.2, -0.15) is 0 Å². The Bertz CT molecular complexity index is 679. The molecule has 0 atom stereocenters. The lowest BCUT2D eigenvalue weighted by Gasteiger charge is -2.07. The number of amides is 1. The summed E-state index contributed by atoms with van der Waals surface area (Å²) in [4.78, 5) is 28.4. The van der Waals surface area contributed by atoms with Crippen molar-refractivity contribution in [1.29, 1.82) is 0 Å². The van der Waals surface area contributed by atoms with Crippen LogP contribution in [0.4, 0.5) is 0 Å². The number of rotatable bonds is 5. The molecule has 2 heterocycles. The van der Waals surface area contributed by atoms with E-state index in [-0.39, 0.29) is 11.1 Å². The van der Waals surface area contributed by atoms with Crippen molar-refractivity contribution < 1.29 is 9.53 Å². The number of nitrogens with zero attached hydrogens (tertiary/aromatic N) is 2. The van der Waals surface area contributed by atoms with E-state index in [0.29, 0.717) is 25.2 Å². The zero-order chi connectivity index (χ0) is 14.5. The van der Waals surface area contributed by atoms with E-state index < -0.39 is 5.91 Å². The van der Waals surface area contributed by atoms with Crippen LogP contribution in [0, 0.1) is 6.92 Å². The molecule has 106 valence electrons. The summed E-state index contributed by atoms with van der Waals surface area (Å²) >= 11 is 0. The van der Waals surface area contributed by atoms with Gasteiger partial charge in [-0.1, -0.05) is 6.07 Å². The van der Waals surface area contributed by atoms with Gasteiger partial charge in [0.15, 0.2) is 0 Å². The number of aryl methyl sites for hydroxylation is 1. The molecule has 2 rings (SSSR count). The summed E-state index contributed by atoms with van der Waals surface area (Å²) in [6, 6.07) is 3.62. The number of aromatic nitrogens is 2. The van der Waals surface area contributed by atoms with Gasteiger partial charge < -0.3 is 10.1 Å². The molecule has 0 fully saturated rings. The van der Waals surface area contributed by atoms with E-state index in [0.717, 1.165) is 5.56 Å². The van der Waals surface area contributed by atoms with E-state index in [1.165, 1.54) is 10.6 Å². The molecule has 0 aliphatic heterocycles. The molecular formula is C14H17N3O3. The first kappa shape index (κ1) is 14.2. The molecule has 0 spiro atoms. The van der Waals surface area contributed by atoms with Gasteiger partial charge in [0.05, 0.1) is 0 Å². The minimum Gasteiger partial charge on any atom is -0.385 e. The molecule has 0 unspecified atom stereocenters. The molecular weight excluding hydrogens is 258 g/mol. The molecule has 1 amide bonds. The second-order valence-corrected chi connectivity index (χ2v) is 4.46. The van der Waals surface area contributed by atoms with Crippen molar-refractivity contribution >= 4 is 11.6 Å². The summed E-state index contributed by atoms with van der Waals surface area (Å²) in [7, 11) is 1.60. The Balaban J connectivity index is 2.25. The molecule has 20 heavy (non-hydrogen) atoms. The van der Waals surface area contributed by atoms with Crippen molar-refractivity contribution in [2.45, 2.75) is 13.3 Å². The van der Waals surface area contributed by atoms with Crippen LogP contribution in [0.25, 0.3) is 5.65 Å². The Hall–Kier alpha value is -2.21. The first-order valence-corrected chi connectivity index (χ1v) is 6.39. The topological polar surface area (TPSA) is 72.7 Å². The van der Waals surface area contributed by atoms with Crippen LogP contribution >= 0.6 is 0 Å². The highest BCUT2D eigenvalue weighted by atomic mass is 16.5. The average molecular weight is 275 g/mol. The predicted molar refractivity (Wildman–Crippen MR) is 75.0 cm³/mol. The van der Waals surface area contributed by atoms with Crippen LogP contribution in [0.15, 0.2) is 29.3 Å². The van der Waals surface area contributed by atoms with E-state index in [1.54, 1.807) is 19.4 Å². The van der Waals surface area contributed by atoms with E-state index >= 15 is 0 Å². The summed E-state index contributed by atoms with van der Waals surface area (Å²) < 4.78 is 6.28. The zero-order valence-electron chi connectivity index (χ0n) is 11.5. The van der Waals surface area contributed by atoms with Crippen molar-refractivity contribution in [2.75, 3.05) is 20.3 Å². The van der Waals surface area contributed by atoms with Gasteiger partial charge in [0, 0.05) is 32.7 Å². The summed E-state index contributed by atoms with van der Waals surface area (Å²) in [5.41, 5.74) is 1.14. The van der Waals surface area contributed by atoms with Gasteiger partial charge in [-0.15, -0.1) is 0 Å². The summed E-state index contributed by atoms with van der Waals surface area (Å²) in [5.74, 6) is -0.408. The number of fused-ring (bicyclic) bond motifs is 1. The highest BCUT2D eigenvalue weighted by Gasteiger charge is 2.13. The molecule has 1 N–H and O–H groups in total. The van der Waals surface area contributed by atoms with E-state index in [9.17, 15) is 9.59 Å². The van der Waals surface area contributed by atoms with E-state index in [2.05, 4.69) is 10.3 Å². The van der Waals surface area contributed by atoms with E-state index in [1.807, 2.05) is 13.0 Å². The number of carbonyl (C=O) groups excluding carboxylic acids is 1. The van der Waals surface area contributed by atoms with Crippen LogP contribution in [0.3, 0.4) is 0 Å². The average Bonchev–Trinajstić information content (AvgIpc) is 2.45. The standard InChI is InChI=1S/C14H17N3O3/c1-10-5-3-7-17-12(10)16-9-11(14(17)19)13(18)15-6-4-8-20-2/h3,5,7,9H,4,6,8H2,1-2H3,(H,15,18). The molecule has 6 nitrogen and oxygen atoms in total. The van der Waals surface area contributed by atoms with Crippen molar-refractivity contribution in [3.8, 4) is 0 Å². The van der Waals surface area contributed by atoms with Gasteiger partial charge >= 0.3 is 0 Å². The Labute approximate surface area is 116 Å². The van der Waals surface area contributed by atoms with Crippen LogP contribution in [0.5, 0.6) is 0 Å². The smallest absolute Gasteiger partial charge is 0.270 e. The van der Waals surface area contributed by atoms with Crippen LogP contribution in [0.2, 0.25) is 0 Å². The molecule has 0 saturated carbocycles. The fraction of sp³-hybridized carbons (Fsp3) is 0.357. The van der Waals surface area contributed by atoms with Crippen LogP contribution in [-0.4, -0.2) is 35.6 Å². The van der Waals surface area contributed by atoms with Crippen molar-refractivity contribution in [3.63, 3.8) is 0 Å². The lowest BCUT2D eigenvalue weighted by atomic mass is 10.2. The Kier molecular flexibility index (Phi) is 4.47. The second kappa shape index (κ2) is 6.29. The SMILES string of the molecule is COCCCNC(=O)c1cnc2c(C)cccn2c1=O. The minimum absolute atomic E-state index is 0.0468. The second-order valence-electron chi connectivity index (χ2n) is 4.46. The highest BCUT2D eigenvalue weighted by molar-refractivity contribution is 5.93. The number of hydrogen-bond donors (Lipinski definition) is 1. The third-order valence-corrected chi connectivity index (χ3v) is 2.98. The zero-order valence-corrected chi connectivity index (χ0v) is 11.5. The van der Waals surface area contributed by atoms with Crippen LogP contribution in [-0.2, 0) is 4.74 Å². The first-order chi connectivity index (χ1) is 9.65. The molecule has 0 bridgehead atoms. The molecule has 0 aliphatic rings. The lowest BCUT2D eigenvalue weighted by molar-refractivity contribution is 0.0946. The summed E-state index contributed by atoms with van der Waals surface area (Å²) in [5, 5.41) is 2.68. The number of carbonyl (C=O) groups is 1. The molecule has 0 radical (unpaired) electrons. The van der Waals surface area contributed by atoms with Crippen LogP contribution in [0.1, 0.15) is 22.3 Å². The maximum Gasteiger partial charge on any atom is 0.270 e. The lowest BCUT2D eigenvalue weighted by Crippen LogP contribution is -2.32. The highest BCUT2D eigenvalue weighted by Crippen LogP contribution is 2.04. The number of hydrogen-bond acceptors (Lipinski definition) is 4. The van der Waals surface area contributed by atoms with Gasteiger partial charge in [0.25, 0.3) is 11.5 Å². The molecule has 0 aromatic carbocycles. The number of pyridine rings is 1. The third-order valence-electron chi connectivity index (χ3n) is 2.98. The molecule has 6 heteroatoms. The maximum atomic E-state index is 12.2. The largest absolute Gasteiger partial charge is 0.385 e. The quantitative estimate of drug-likeness (QED) is 0.818. The monoisotopic (exact) mass is 275 g/mol. The van der Waals surface area contributed by atoms with Gasteiger partial charge in [-0.25, -0.2) is 4.98 Å². The number of methoxy groups -OCH3 is 1. The summed E-state index contributed by atoms with van der Waals surface area (Å²) in [6.45, 7) is 2.89. The normalized spacial score (nSPS) is 10.7. The Morgan fingerprint density at radius 2 is 2.30 bits per heavy atom. The predicted octanol–water partition coefficient (Wildman–Crippen LogP) is 0.769. The molecule has 2 aromatic heterocycles. The van der Waals surface area contributed by atoms with Crippen LogP contribution < -0.4 is 10.9 Å². The molecule has 2 aromatic rings. The molecule has 0 aliphatic carbocycles. The fourth-order valence-electron chi connectivity index (χ4n) is 1.92. The van der Waals surface area contributed by atoms with Gasteiger partial charge in [0.2, 0.25) is 0 Å². The summed E-state index contributed by atoms with van der Waals surface area (Å²) in [6.07, 6.45) is 3.64. The maximum absolute atomic E-state index is 12.2. The van der Waals surface area contributed by atoms with Crippen molar-refractivity contribution in [1.82, 2.24) is 14.7 Å². The van der Waals surface area contributed by atoms with Gasteiger partial charge in [0.1, 0.15) is 11.2 Å². The fourth-order valence-corrected chi connectivity index (χ4v) is 1.92. The Morgan fingerprint density at radius 3 is 3.05 bits per heavy atom. The van der Waals surface area contributed by atoms with Crippen molar-refractivity contribution in [3.05, 3.63) is 46.0 Å². The number of nitrogens with one attached hydrogen (secondary N) is 1. The van der Waals surface area contributed by atoms with Gasteiger partial charge in [-0.05, 0) is 25.0 Å². The minimum atomic E-state index is -0.408. The van der Waals surface area contributed by atoms with Crippen molar-refractivity contribution in [2.24, 2.45) is 0 Å².